The number of imidazole rings is 1. The van der Waals surface area contributed by atoms with E-state index in [9.17, 15) is 13.6 Å². The average Bonchev–Trinajstić information content (AvgIpc) is 3.09. The van der Waals surface area contributed by atoms with Crippen molar-refractivity contribution in [1.29, 1.82) is 0 Å². The highest BCUT2D eigenvalue weighted by Crippen LogP contribution is 2.35. The fourth-order valence-corrected chi connectivity index (χ4v) is 3.15. The highest BCUT2D eigenvalue weighted by Gasteiger charge is 2.34. The lowest BCUT2D eigenvalue weighted by molar-refractivity contribution is -0.0454. The van der Waals surface area contributed by atoms with Crippen LogP contribution in [0.4, 0.5) is 8.78 Å². The van der Waals surface area contributed by atoms with E-state index in [0.29, 0.717) is 43.1 Å². The van der Waals surface area contributed by atoms with E-state index in [1.54, 1.807) is 6.20 Å². The van der Waals surface area contributed by atoms with Crippen molar-refractivity contribution < 1.29 is 18.7 Å². The second kappa shape index (κ2) is 7.90. The first-order chi connectivity index (χ1) is 12.4. The van der Waals surface area contributed by atoms with Gasteiger partial charge in [-0.1, -0.05) is 0 Å². The molecule has 3 N–H and O–H groups in total. The summed E-state index contributed by atoms with van der Waals surface area (Å²) in [4.78, 5) is 22.6. The van der Waals surface area contributed by atoms with Gasteiger partial charge in [0.05, 0.1) is 23.1 Å². The van der Waals surface area contributed by atoms with Crippen LogP contribution >= 0.6 is 0 Å². The first kappa shape index (κ1) is 18.4. The lowest BCUT2D eigenvalue weighted by Crippen LogP contribution is -2.31. The largest absolute Gasteiger partial charge is 0.478 e. The number of aromatic amines is 1. The molecule has 0 spiro atoms. The Morgan fingerprint density at radius 2 is 2.12 bits per heavy atom. The number of rotatable bonds is 7. The van der Waals surface area contributed by atoms with Crippen LogP contribution in [0.25, 0.3) is 11.4 Å². The van der Waals surface area contributed by atoms with Gasteiger partial charge in [0.25, 0.3) is 0 Å². The number of aromatic nitrogens is 3. The quantitative estimate of drug-likeness (QED) is 0.657. The van der Waals surface area contributed by atoms with Gasteiger partial charge in [0.2, 0.25) is 5.92 Å². The zero-order chi connectivity index (χ0) is 18.6. The number of carboxylic acids is 1. The number of pyridine rings is 1. The Hall–Kier alpha value is -2.35. The molecule has 140 valence electrons. The number of aromatic carboxylic acids is 1. The van der Waals surface area contributed by atoms with Crippen LogP contribution in [-0.4, -0.2) is 45.0 Å². The number of carbonyl (C=O) groups is 1. The van der Waals surface area contributed by atoms with Gasteiger partial charge in [-0.15, -0.1) is 0 Å². The van der Waals surface area contributed by atoms with E-state index in [2.05, 4.69) is 20.3 Å². The second-order valence-corrected chi connectivity index (χ2v) is 6.73. The average molecular weight is 364 g/mol. The highest BCUT2D eigenvalue weighted by molar-refractivity contribution is 5.88. The summed E-state index contributed by atoms with van der Waals surface area (Å²) in [6.07, 6.45) is 4.86. The van der Waals surface area contributed by atoms with Crippen LogP contribution in [0.2, 0.25) is 0 Å². The molecule has 6 nitrogen and oxygen atoms in total. The zero-order valence-electron chi connectivity index (χ0n) is 14.3. The third-order valence-corrected chi connectivity index (χ3v) is 4.72. The molecule has 0 aliphatic heterocycles. The van der Waals surface area contributed by atoms with Crippen molar-refractivity contribution in [2.24, 2.45) is 5.92 Å². The van der Waals surface area contributed by atoms with Crippen molar-refractivity contribution in [3.05, 3.63) is 35.9 Å². The molecule has 0 unspecified atom stereocenters. The summed E-state index contributed by atoms with van der Waals surface area (Å²) < 4.78 is 26.3. The Bertz CT molecular complexity index is 753. The minimum atomic E-state index is -2.48. The summed E-state index contributed by atoms with van der Waals surface area (Å²) in [6, 6.07) is 2.94. The van der Waals surface area contributed by atoms with Crippen molar-refractivity contribution in [3.8, 4) is 11.4 Å². The third-order valence-electron chi connectivity index (χ3n) is 4.72. The van der Waals surface area contributed by atoms with Crippen molar-refractivity contribution in [3.63, 3.8) is 0 Å². The van der Waals surface area contributed by atoms with Crippen LogP contribution in [0, 0.1) is 5.92 Å². The SMILES string of the molecule is O=C(O)c1ccnc(-c2cnc(CCNCC3CCC(F)(F)CC3)[nH]2)c1. The third kappa shape index (κ3) is 4.85. The fourth-order valence-electron chi connectivity index (χ4n) is 3.15. The van der Waals surface area contributed by atoms with Gasteiger partial charge >= 0.3 is 5.97 Å². The number of hydrogen-bond acceptors (Lipinski definition) is 4. The van der Waals surface area contributed by atoms with Crippen LogP contribution in [0.1, 0.15) is 41.9 Å². The van der Waals surface area contributed by atoms with E-state index in [0.717, 1.165) is 12.4 Å². The normalized spacial score (nSPS) is 17.3. The lowest BCUT2D eigenvalue weighted by Gasteiger charge is -2.28. The molecule has 0 bridgehead atoms. The molecular formula is C18H22F2N4O2. The molecule has 2 aromatic heterocycles. The minimum absolute atomic E-state index is 0.0106. The fraction of sp³-hybridized carbons (Fsp3) is 0.500. The Labute approximate surface area is 150 Å². The van der Waals surface area contributed by atoms with Crippen molar-refractivity contribution in [1.82, 2.24) is 20.3 Å². The maximum atomic E-state index is 13.1. The molecule has 26 heavy (non-hydrogen) atoms. The summed E-state index contributed by atoms with van der Waals surface area (Å²) in [5, 5.41) is 12.3. The minimum Gasteiger partial charge on any atom is -0.478 e. The van der Waals surface area contributed by atoms with Crippen LogP contribution in [0.15, 0.2) is 24.5 Å². The van der Waals surface area contributed by atoms with E-state index < -0.39 is 11.9 Å². The van der Waals surface area contributed by atoms with Crippen LogP contribution < -0.4 is 5.32 Å². The number of carboxylic acid groups (broad SMARTS) is 1. The Balaban J connectivity index is 1.46. The molecule has 8 heteroatoms. The van der Waals surface area contributed by atoms with Gasteiger partial charge < -0.3 is 15.4 Å². The molecule has 3 rings (SSSR count). The van der Waals surface area contributed by atoms with E-state index >= 15 is 0 Å². The van der Waals surface area contributed by atoms with Gasteiger partial charge in [0, 0.05) is 32.0 Å². The van der Waals surface area contributed by atoms with Gasteiger partial charge in [0.15, 0.2) is 0 Å². The highest BCUT2D eigenvalue weighted by atomic mass is 19.3. The van der Waals surface area contributed by atoms with E-state index in [1.807, 2.05) is 0 Å². The van der Waals surface area contributed by atoms with Crippen molar-refractivity contribution in [2.75, 3.05) is 13.1 Å². The smallest absolute Gasteiger partial charge is 0.335 e. The maximum absolute atomic E-state index is 13.1. The molecule has 0 radical (unpaired) electrons. The number of nitrogens with one attached hydrogen (secondary N) is 2. The van der Waals surface area contributed by atoms with Crippen molar-refractivity contribution >= 4 is 5.97 Å². The molecule has 0 aromatic carbocycles. The van der Waals surface area contributed by atoms with E-state index in [4.69, 9.17) is 5.11 Å². The predicted molar refractivity (Wildman–Crippen MR) is 92.3 cm³/mol. The molecule has 0 atom stereocenters. The topological polar surface area (TPSA) is 90.9 Å². The summed E-state index contributed by atoms with van der Waals surface area (Å²) in [5.74, 6) is -2.40. The second-order valence-electron chi connectivity index (χ2n) is 6.73. The lowest BCUT2D eigenvalue weighted by atomic mass is 9.87. The molecule has 1 aliphatic carbocycles. The van der Waals surface area contributed by atoms with Gasteiger partial charge in [0.1, 0.15) is 5.82 Å². The van der Waals surface area contributed by atoms with Crippen LogP contribution in [-0.2, 0) is 6.42 Å². The van der Waals surface area contributed by atoms with E-state index in [1.165, 1.54) is 18.3 Å². The Kier molecular flexibility index (Phi) is 5.61. The monoisotopic (exact) mass is 364 g/mol. The Morgan fingerprint density at radius 3 is 2.85 bits per heavy atom. The molecular weight excluding hydrogens is 342 g/mol. The van der Waals surface area contributed by atoms with Crippen LogP contribution in [0.5, 0.6) is 0 Å². The first-order valence-corrected chi connectivity index (χ1v) is 8.75. The summed E-state index contributed by atoms with van der Waals surface area (Å²) in [7, 11) is 0. The number of hydrogen-bond donors (Lipinski definition) is 3. The molecule has 0 amide bonds. The molecule has 1 aliphatic rings. The van der Waals surface area contributed by atoms with Crippen LogP contribution in [0.3, 0.4) is 0 Å². The van der Waals surface area contributed by atoms with E-state index in [-0.39, 0.29) is 18.4 Å². The first-order valence-electron chi connectivity index (χ1n) is 8.75. The summed E-state index contributed by atoms with van der Waals surface area (Å²) >= 11 is 0. The van der Waals surface area contributed by atoms with Gasteiger partial charge in [-0.25, -0.2) is 18.6 Å². The standard InChI is InChI=1S/C18H22F2N4O2/c19-18(20)5-1-12(2-6-18)10-21-7-4-16-23-11-15(24-16)14-9-13(17(25)26)3-8-22-14/h3,8-9,11-12,21H,1-2,4-7,10H2,(H,23,24)(H,25,26). The zero-order valence-corrected chi connectivity index (χ0v) is 14.3. The molecule has 2 heterocycles. The van der Waals surface area contributed by atoms with Gasteiger partial charge in [-0.2, -0.15) is 0 Å². The number of halogens is 2. The molecule has 0 saturated heterocycles. The number of nitrogens with zero attached hydrogens (tertiary/aromatic N) is 2. The van der Waals surface area contributed by atoms with Gasteiger partial charge in [-0.05, 0) is 37.4 Å². The molecule has 2 aromatic rings. The Morgan fingerprint density at radius 1 is 1.35 bits per heavy atom. The van der Waals surface area contributed by atoms with Crippen molar-refractivity contribution in [2.45, 2.75) is 38.0 Å². The molecule has 1 saturated carbocycles. The number of H-pyrrole nitrogens is 1. The number of alkyl halides is 2. The summed E-state index contributed by atoms with van der Waals surface area (Å²) in [5.41, 5.74) is 1.36. The maximum Gasteiger partial charge on any atom is 0.335 e. The predicted octanol–water partition coefficient (Wildman–Crippen LogP) is 3.13. The molecule has 1 fully saturated rings. The van der Waals surface area contributed by atoms with Gasteiger partial charge in [-0.3, -0.25) is 4.98 Å². The summed E-state index contributed by atoms with van der Waals surface area (Å²) in [6.45, 7) is 1.44.